The summed E-state index contributed by atoms with van der Waals surface area (Å²) in [7, 11) is 3.37. The lowest BCUT2D eigenvalue weighted by molar-refractivity contribution is 0.355. The minimum absolute atomic E-state index is 0.678. The Hall–Kier alpha value is -1.58. The monoisotopic (exact) mass is 248 g/mol. The van der Waals surface area contributed by atoms with Crippen LogP contribution in [0.3, 0.4) is 0 Å². The third kappa shape index (κ3) is 1.76. The number of fused-ring (bicyclic) bond motifs is 3. The molecule has 0 saturated carbocycles. The van der Waals surface area contributed by atoms with E-state index in [1.807, 2.05) is 0 Å². The normalized spacial score (nSPS) is 21.7. The van der Waals surface area contributed by atoms with Crippen molar-refractivity contribution >= 4 is 11.4 Å². The maximum Gasteiger partial charge on any atom is 0.162 e. The summed E-state index contributed by atoms with van der Waals surface area (Å²) in [5.41, 5.74) is 2.42. The number of benzene rings is 1. The molecule has 1 aromatic carbocycles. The number of rotatable bonds is 2. The first-order chi connectivity index (χ1) is 8.83. The van der Waals surface area contributed by atoms with Crippen LogP contribution in [0.1, 0.15) is 19.3 Å². The van der Waals surface area contributed by atoms with Gasteiger partial charge in [0, 0.05) is 31.3 Å². The Balaban J connectivity index is 2.07. The van der Waals surface area contributed by atoms with Crippen LogP contribution in [0.25, 0.3) is 0 Å². The zero-order chi connectivity index (χ0) is 12.5. The Morgan fingerprint density at radius 1 is 1.17 bits per heavy atom. The minimum atomic E-state index is 0.678. The van der Waals surface area contributed by atoms with Gasteiger partial charge in [-0.05, 0) is 19.3 Å². The first-order valence-electron chi connectivity index (χ1n) is 6.60. The summed E-state index contributed by atoms with van der Waals surface area (Å²) < 4.78 is 10.8. The van der Waals surface area contributed by atoms with Gasteiger partial charge in [-0.1, -0.05) is 0 Å². The van der Waals surface area contributed by atoms with Crippen molar-refractivity contribution in [3.63, 3.8) is 0 Å². The van der Waals surface area contributed by atoms with Gasteiger partial charge in [0.15, 0.2) is 11.5 Å². The molecule has 1 atom stereocenters. The SMILES string of the molecule is COc1cc2c(cc1OC)N1CCCC1CCN2. The highest BCUT2D eigenvalue weighted by Gasteiger charge is 2.29. The van der Waals surface area contributed by atoms with E-state index in [9.17, 15) is 0 Å². The van der Waals surface area contributed by atoms with Crippen LogP contribution in [0.2, 0.25) is 0 Å². The molecule has 4 nitrogen and oxygen atoms in total. The van der Waals surface area contributed by atoms with Crippen LogP contribution in [0.5, 0.6) is 11.5 Å². The zero-order valence-corrected chi connectivity index (χ0v) is 11.0. The molecule has 2 heterocycles. The van der Waals surface area contributed by atoms with E-state index < -0.39 is 0 Å². The average Bonchev–Trinajstić information content (AvgIpc) is 2.80. The summed E-state index contributed by atoms with van der Waals surface area (Å²) >= 11 is 0. The molecule has 2 aliphatic heterocycles. The van der Waals surface area contributed by atoms with E-state index in [1.54, 1.807) is 14.2 Å². The average molecular weight is 248 g/mol. The molecule has 0 aromatic heterocycles. The standard InChI is InChI=1S/C14H20N2O2/c1-17-13-8-11-12(9-14(13)18-2)16-7-3-4-10(16)5-6-15-11/h8-10,15H,3-7H2,1-2H3. The second kappa shape index (κ2) is 4.59. The molecule has 0 aliphatic carbocycles. The molecule has 1 aromatic rings. The predicted octanol–water partition coefficient (Wildman–Crippen LogP) is 2.49. The lowest BCUT2D eigenvalue weighted by Crippen LogP contribution is -2.28. The molecule has 0 amide bonds. The van der Waals surface area contributed by atoms with Crippen LogP contribution in [0.15, 0.2) is 12.1 Å². The molecule has 4 heteroatoms. The van der Waals surface area contributed by atoms with Crippen molar-refractivity contribution in [2.45, 2.75) is 25.3 Å². The van der Waals surface area contributed by atoms with E-state index in [0.29, 0.717) is 6.04 Å². The number of hydrogen-bond acceptors (Lipinski definition) is 4. The summed E-state index contributed by atoms with van der Waals surface area (Å²) in [6, 6.07) is 4.83. The highest BCUT2D eigenvalue weighted by atomic mass is 16.5. The van der Waals surface area contributed by atoms with Crippen molar-refractivity contribution in [3.8, 4) is 11.5 Å². The Morgan fingerprint density at radius 2 is 1.94 bits per heavy atom. The van der Waals surface area contributed by atoms with Crippen molar-refractivity contribution in [1.29, 1.82) is 0 Å². The molecule has 0 bridgehead atoms. The summed E-state index contributed by atoms with van der Waals surface area (Å²) in [5, 5.41) is 3.50. The fraction of sp³-hybridized carbons (Fsp3) is 0.571. The zero-order valence-electron chi connectivity index (χ0n) is 11.0. The van der Waals surface area contributed by atoms with Gasteiger partial charge in [-0.3, -0.25) is 0 Å². The fourth-order valence-electron chi connectivity index (χ4n) is 3.07. The molecule has 1 unspecified atom stereocenters. The number of hydrogen-bond donors (Lipinski definition) is 1. The van der Waals surface area contributed by atoms with Crippen LogP contribution >= 0.6 is 0 Å². The van der Waals surface area contributed by atoms with E-state index in [2.05, 4.69) is 22.3 Å². The van der Waals surface area contributed by atoms with Crippen molar-refractivity contribution in [2.24, 2.45) is 0 Å². The Labute approximate surface area is 108 Å². The largest absolute Gasteiger partial charge is 0.493 e. The van der Waals surface area contributed by atoms with Gasteiger partial charge in [-0.2, -0.15) is 0 Å². The number of anilines is 2. The van der Waals surface area contributed by atoms with E-state index >= 15 is 0 Å². The molecule has 3 rings (SSSR count). The number of nitrogens with one attached hydrogen (secondary N) is 1. The highest BCUT2D eigenvalue weighted by Crippen LogP contribution is 2.42. The third-order valence-electron chi connectivity index (χ3n) is 3.98. The second-order valence-corrected chi connectivity index (χ2v) is 4.93. The van der Waals surface area contributed by atoms with Crippen molar-refractivity contribution in [3.05, 3.63) is 12.1 Å². The lowest BCUT2D eigenvalue weighted by Gasteiger charge is -2.26. The Bertz CT molecular complexity index is 448. The Morgan fingerprint density at radius 3 is 2.72 bits per heavy atom. The van der Waals surface area contributed by atoms with Crippen molar-refractivity contribution in [2.75, 3.05) is 37.5 Å². The summed E-state index contributed by atoms with van der Waals surface area (Å²) in [6.07, 6.45) is 3.80. The quantitative estimate of drug-likeness (QED) is 0.872. The molecular formula is C14H20N2O2. The smallest absolute Gasteiger partial charge is 0.162 e. The van der Waals surface area contributed by atoms with Gasteiger partial charge in [-0.15, -0.1) is 0 Å². The number of methoxy groups -OCH3 is 2. The van der Waals surface area contributed by atoms with Crippen molar-refractivity contribution in [1.82, 2.24) is 0 Å². The first-order valence-corrected chi connectivity index (χ1v) is 6.60. The lowest BCUT2D eigenvalue weighted by atomic mass is 10.1. The van der Waals surface area contributed by atoms with Gasteiger partial charge >= 0.3 is 0 Å². The molecule has 0 radical (unpaired) electrons. The molecule has 18 heavy (non-hydrogen) atoms. The minimum Gasteiger partial charge on any atom is -0.493 e. The van der Waals surface area contributed by atoms with Gasteiger partial charge in [0.05, 0.1) is 25.6 Å². The van der Waals surface area contributed by atoms with Gasteiger partial charge in [0.2, 0.25) is 0 Å². The van der Waals surface area contributed by atoms with Gasteiger partial charge in [0.25, 0.3) is 0 Å². The van der Waals surface area contributed by atoms with Crippen LogP contribution in [0.4, 0.5) is 11.4 Å². The third-order valence-corrected chi connectivity index (χ3v) is 3.98. The number of ether oxygens (including phenoxy) is 2. The maximum absolute atomic E-state index is 5.41. The van der Waals surface area contributed by atoms with Gasteiger partial charge in [-0.25, -0.2) is 0 Å². The van der Waals surface area contributed by atoms with E-state index in [1.165, 1.54) is 24.9 Å². The molecule has 1 saturated heterocycles. The topological polar surface area (TPSA) is 33.7 Å². The highest BCUT2D eigenvalue weighted by molar-refractivity contribution is 5.76. The molecule has 1 fully saturated rings. The summed E-state index contributed by atoms with van der Waals surface area (Å²) in [5.74, 6) is 1.60. The van der Waals surface area contributed by atoms with Gasteiger partial charge in [0.1, 0.15) is 0 Å². The van der Waals surface area contributed by atoms with Crippen LogP contribution in [-0.4, -0.2) is 33.4 Å². The predicted molar refractivity (Wildman–Crippen MR) is 73.0 cm³/mol. The Kier molecular flexibility index (Phi) is 2.94. The molecule has 98 valence electrons. The molecule has 0 spiro atoms. The van der Waals surface area contributed by atoms with Crippen molar-refractivity contribution < 1.29 is 9.47 Å². The van der Waals surface area contributed by atoms with Crippen LogP contribution < -0.4 is 19.7 Å². The van der Waals surface area contributed by atoms with E-state index in [-0.39, 0.29) is 0 Å². The second-order valence-electron chi connectivity index (χ2n) is 4.93. The first kappa shape index (κ1) is 11.5. The molecule has 2 aliphatic rings. The fourth-order valence-corrected chi connectivity index (χ4v) is 3.07. The summed E-state index contributed by atoms with van der Waals surface area (Å²) in [4.78, 5) is 2.51. The number of nitrogens with zero attached hydrogens (tertiary/aromatic N) is 1. The van der Waals surface area contributed by atoms with E-state index in [4.69, 9.17) is 9.47 Å². The summed E-state index contributed by atoms with van der Waals surface area (Å²) in [6.45, 7) is 2.18. The molecular weight excluding hydrogens is 228 g/mol. The van der Waals surface area contributed by atoms with E-state index in [0.717, 1.165) is 30.3 Å². The molecule has 1 N–H and O–H groups in total. The van der Waals surface area contributed by atoms with Crippen LogP contribution in [-0.2, 0) is 0 Å². The maximum atomic E-state index is 5.41. The van der Waals surface area contributed by atoms with Gasteiger partial charge < -0.3 is 19.7 Å². The van der Waals surface area contributed by atoms with Crippen LogP contribution in [0, 0.1) is 0 Å².